The van der Waals surface area contributed by atoms with Gasteiger partial charge in [0.25, 0.3) is 0 Å². The molecule has 1 aliphatic rings. The van der Waals surface area contributed by atoms with E-state index in [0.29, 0.717) is 35.6 Å². The van der Waals surface area contributed by atoms with Crippen molar-refractivity contribution in [1.82, 2.24) is 0 Å². The zero-order valence-corrected chi connectivity index (χ0v) is 17.7. The summed E-state index contributed by atoms with van der Waals surface area (Å²) in [5.74, 6) is -3.78. The summed E-state index contributed by atoms with van der Waals surface area (Å²) in [6.45, 7) is 8.76. The zero-order chi connectivity index (χ0) is 22.4. The maximum atomic E-state index is 14.3. The molecule has 6 heteroatoms. The SMILES string of the molecule is CCc1cc(-c2cc(F)c(F)cc2F)ccc1C1=C(O)C(C)(CC)OC(C)(C)C1=O. The molecule has 3 rings (SSSR count). The molecule has 0 amide bonds. The van der Waals surface area contributed by atoms with Crippen molar-refractivity contribution in [3.05, 3.63) is 64.7 Å². The number of hydrogen-bond donors (Lipinski definition) is 1. The van der Waals surface area contributed by atoms with Crippen LogP contribution in [-0.2, 0) is 16.0 Å². The summed E-state index contributed by atoms with van der Waals surface area (Å²) in [5.41, 5.74) is -0.533. The summed E-state index contributed by atoms with van der Waals surface area (Å²) in [5, 5.41) is 10.9. The number of benzene rings is 2. The minimum absolute atomic E-state index is 0.0784. The Morgan fingerprint density at radius 2 is 1.57 bits per heavy atom. The normalized spacial score (nSPS) is 21.3. The van der Waals surface area contributed by atoms with Gasteiger partial charge in [0.2, 0.25) is 0 Å². The molecule has 1 heterocycles. The van der Waals surface area contributed by atoms with Gasteiger partial charge in [-0.15, -0.1) is 0 Å². The van der Waals surface area contributed by atoms with E-state index in [9.17, 15) is 23.1 Å². The highest BCUT2D eigenvalue weighted by Gasteiger charge is 2.48. The van der Waals surface area contributed by atoms with E-state index in [-0.39, 0.29) is 22.7 Å². The smallest absolute Gasteiger partial charge is 0.198 e. The van der Waals surface area contributed by atoms with Gasteiger partial charge in [0.05, 0.1) is 5.57 Å². The Balaban J connectivity index is 2.22. The third kappa shape index (κ3) is 3.54. The lowest BCUT2D eigenvalue weighted by atomic mass is 9.79. The lowest BCUT2D eigenvalue weighted by Crippen LogP contribution is -2.50. The van der Waals surface area contributed by atoms with Crippen molar-refractivity contribution in [1.29, 1.82) is 0 Å². The number of aliphatic hydroxyl groups excluding tert-OH is 1. The van der Waals surface area contributed by atoms with Crippen molar-refractivity contribution >= 4 is 11.4 Å². The number of Topliss-reactive ketones (excluding diaryl/α,β-unsaturated/α-hetero) is 1. The molecule has 1 atom stereocenters. The van der Waals surface area contributed by atoms with E-state index >= 15 is 0 Å². The fourth-order valence-electron chi connectivity index (χ4n) is 3.86. The first kappa shape index (κ1) is 22.1. The molecular weight excluding hydrogens is 393 g/mol. The van der Waals surface area contributed by atoms with E-state index in [0.717, 1.165) is 6.07 Å². The first-order valence-electron chi connectivity index (χ1n) is 9.92. The predicted molar refractivity (Wildman–Crippen MR) is 110 cm³/mol. The molecule has 3 nitrogen and oxygen atoms in total. The minimum Gasteiger partial charge on any atom is -0.508 e. The lowest BCUT2D eigenvalue weighted by Gasteiger charge is -2.42. The van der Waals surface area contributed by atoms with Gasteiger partial charge in [-0.3, -0.25) is 4.79 Å². The van der Waals surface area contributed by atoms with E-state index in [1.54, 1.807) is 32.9 Å². The second-order valence-corrected chi connectivity index (χ2v) is 8.22. The maximum Gasteiger partial charge on any atom is 0.198 e. The molecule has 0 spiro atoms. The standard InChI is InChI=1S/C24H25F3O3/c1-6-13-10-14(16-11-18(26)19(27)12-17(16)25)8-9-15(13)20-21(28)23(3,4)30-24(5,7-2)22(20)29/h8-12,29H,6-7H2,1-5H3. The van der Waals surface area contributed by atoms with E-state index in [2.05, 4.69) is 0 Å². The van der Waals surface area contributed by atoms with Gasteiger partial charge >= 0.3 is 0 Å². The first-order chi connectivity index (χ1) is 13.9. The van der Waals surface area contributed by atoms with Crippen molar-refractivity contribution in [3.63, 3.8) is 0 Å². The Kier molecular flexibility index (Phi) is 5.58. The van der Waals surface area contributed by atoms with Crippen LogP contribution in [0.3, 0.4) is 0 Å². The number of rotatable bonds is 4. The average molecular weight is 418 g/mol. The number of carbonyl (C=O) groups is 1. The molecule has 0 fully saturated rings. The molecule has 0 aromatic heterocycles. The van der Waals surface area contributed by atoms with Gasteiger partial charge < -0.3 is 9.84 Å². The summed E-state index contributed by atoms with van der Waals surface area (Å²) < 4.78 is 47.1. The Morgan fingerprint density at radius 1 is 0.933 bits per heavy atom. The molecule has 0 aliphatic carbocycles. The van der Waals surface area contributed by atoms with Gasteiger partial charge in [0.1, 0.15) is 22.8 Å². The molecule has 2 aromatic carbocycles. The van der Waals surface area contributed by atoms with E-state index < -0.39 is 28.7 Å². The Morgan fingerprint density at radius 3 is 2.17 bits per heavy atom. The quantitative estimate of drug-likeness (QED) is 0.606. The number of halogens is 3. The summed E-state index contributed by atoms with van der Waals surface area (Å²) >= 11 is 0. The summed E-state index contributed by atoms with van der Waals surface area (Å²) in [7, 11) is 0. The number of aliphatic hydroxyl groups is 1. The fourth-order valence-corrected chi connectivity index (χ4v) is 3.86. The van der Waals surface area contributed by atoms with E-state index in [1.807, 2.05) is 13.8 Å². The average Bonchev–Trinajstić information content (AvgIpc) is 2.69. The van der Waals surface area contributed by atoms with E-state index in [1.165, 1.54) is 6.07 Å². The molecule has 0 bridgehead atoms. The van der Waals surface area contributed by atoms with Crippen LogP contribution in [0, 0.1) is 17.5 Å². The lowest BCUT2D eigenvalue weighted by molar-refractivity contribution is -0.162. The first-order valence-corrected chi connectivity index (χ1v) is 9.92. The van der Waals surface area contributed by atoms with Crippen molar-refractivity contribution in [3.8, 4) is 11.1 Å². The molecular formula is C24H25F3O3. The van der Waals surface area contributed by atoms with Crippen molar-refractivity contribution in [2.75, 3.05) is 0 Å². The van der Waals surface area contributed by atoms with Crippen molar-refractivity contribution in [2.24, 2.45) is 0 Å². The van der Waals surface area contributed by atoms with Gasteiger partial charge in [0, 0.05) is 11.6 Å². The molecule has 1 aliphatic heterocycles. The summed E-state index contributed by atoms with van der Waals surface area (Å²) in [6.07, 6.45) is 0.932. The highest BCUT2D eigenvalue weighted by Crippen LogP contribution is 2.43. The molecule has 0 radical (unpaired) electrons. The van der Waals surface area contributed by atoms with Gasteiger partial charge in [-0.05, 0) is 56.4 Å². The minimum atomic E-state index is -1.26. The third-order valence-corrected chi connectivity index (χ3v) is 5.74. The number of carbonyl (C=O) groups excluding carboxylic acids is 1. The molecule has 160 valence electrons. The summed E-state index contributed by atoms with van der Waals surface area (Å²) in [6, 6.07) is 6.09. The van der Waals surface area contributed by atoms with Gasteiger partial charge in [-0.1, -0.05) is 32.0 Å². The van der Waals surface area contributed by atoms with Crippen LogP contribution in [0.15, 0.2) is 36.1 Å². The van der Waals surface area contributed by atoms with Crippen LogP contribution in [-0.4, -0.2) is 22.1 Å². The van der Waals surface area contributed by atoms with Crippen LogP contribution in [0.1, 0.15) is 52.2 Å². The Labute approximate surface area is 174 Å². The molecule has 2 aromatic rings. The second-order valence-electron chi connectivity index (χ2n) is 8.22. The fraction of sp³-hybridized carbons (Fsp3) is 0.375. The zero-order valence-electron chi connectivity index (χ0n) is 17.7. The highest BCUT2D eigenvalue weighted by molar-refractivity contribution is 6.26. The maximum absolute atomic E-state index is 14.3. The number of hydrogen-bond acceptors (Lipinski definition) is 3. The largest absolute Gasteiger partial charge is 0.508 e. The van der Waals surface area contributed by atoms with Crippen LogP contribution in [0.25, 0.3) is 16.7 Å². The second kappa shape index (κ2) is 7.58. The molecule has 0 saturated carbocycles. The monoisotopic (exact) mass is 418 g/mol. The predicted octanol–water partition coefficient (Wildman–Crippen LogP) is 6.15. The molecule has 0 saturated heterocycles. The van der Waals surface area contributed by atoms with Crippen LogP contribution < -0.4 is 0 Å². The number of aryl methyl sites for hydroxylation is 1. The summed E-state index contributed by atoms with van der Waals surface area (Å²) in [4.78, 5) is 13.1. The van der Waals surface area contributed by atoms with Gasteiger partial charge in [-0.25, -0.2) is 13.2 Å². The molecule has 1 unspecified atom stereocenters. The van der Waals surface area contributed by atoms with Gasteiger partial charge in [0.15, 0.2) is 17.4 Å². The highest BCUT2D eigenvalue weighted by atomic mass is 19.2. The van der Waals surface area contributed by atoms with Crippen LogP contribution >= 0.6 is 0 Å². The van der Waals surface area contributed by atoms with Crippen LogP contribution in [0.5, 0.6) is 0 Å². The van der Waals surface area contributed by atoms with Crippen molar-refractivity contribution < 1.29 is 27.8 Å². The molecule has 1 N–H and O–H groups in total. The number of ketones is 1. The topological polar surface area (TPSA) is 46.5 Å². The Bertz CT molecular complexity index is 1060. The van der Waals surface area contributed by atoms with Crippen molar-refractivity contribution in [2.45, 2.75) is 58.7 Å². The van der Waals surface area contributed by atoms with Crippen LogP contribution in [0.4, 0.5) is 13.2 Å². The van der Waals surface area contributed by atoms with Gasteiger partial charge in [-0.2, -0.15) is 0 Å². The number of ether oxygens (including phenoxy) is 1. The van der Waals surface area contributed by atoms with Crippen LogP contribution in [0.2, 0.25) is 0 Å². The van der Waals surface area contributed by atoms with E-state index in [4.69, 9.17) is 4.74 Å². The third-order valence-electron chi connectivity index (χ3n) is 5.74. The molecule has 30 heavy (non-hydrogen) atoms. The Hall–Kier alpha value is -2.60.